The number of urea groups is 1. The molecule has 4 nitrogen and oxygen atoms in total. The molecule has 2 aromatic carbocycles. The summed E-state index contributed by atoms with van der Waals surface area (Å²) in [5, 5.41) is 11.1. The van der Waals surface area contributed by atoms with E-state index in [9.17, 15) is 9.90 Å². The molecule has 3 rings (SSSR count). The molecule has 0 radical (unpaired) electrons. The highest BCUT2D eigenvalue weighted by molar-refractivity contribution is 6.15. The van der Waals surface area contributed by atoms with Gasteiger partial charge in [0.1, 0.15) is 5.71 Å². The van der Waals surface area contributed by atoms with E-state index in [-0.39, 0.29) is 0 Å². The molecule has 0 fully saturated rings. The predicted octanol–water partition coefficient (Wildman–Crippen LogP) is 2.39. The second kappa shape index (κ2) is 4.58. The largest absolute Gasteiger partial charge is 0.362 e. The fourth-order valence-corrected chi connectivity index (χ4v) is 2.41. The Hall–Kier alpha value is -2.46. The van der Waals surface area contributed by atoms with Crippen molar-refractivity contribution in [3.8, 4) is 0 Å². The average molecular weight is 266 g/mol. The first kappa shape index (κ1) is 12.6. The Morgan fingerprint density at radius 3 is 2.15 bits per heavy atom. The molecule has 0 aromatic heterocycles. The normalized spacial score (nSPS) is 22.0. The highest BCUT2D eigenvalue weighted by atomic mass is 16.3. The van der Waals surface area contributed by atoms with Crippen molar-refractivity contribution in [2.45, 2.75) is 5.72 Å². The SMILES string of the molecule is CN1C(=O)N=C(c2ccccc2)[C@@]1(O)c1ccccc1. The van der Waals surface area contributed by atoms with Crippen molar-refractivity contribution in [2.75, 3.05) is 7.05 Å². The maximum Gasteiger partial charge on any atom is 0.346 e. The second-order valence-corrected chi connectivity index (χ2v) is 4.71. The summed E-state index contributed by atoms with van der Waals surface area (Å²) < 4.78 is 0. The monoisotopic (exact) mass is 266 g/mol. The van der Waals surface area contributed by atoms with Crippen molar-refractivity contribution in [3.63, 3.8) is 0 Å². The van der Waals surface area contributed by atoms with Gasteiger partial charge < -0.3 is 5.11 Å². The zero-order valence-corrected chi connectivity index (χ0v) is 11.0. The number of hydrogen-bond donors (Lipinski definition) is 1. The average Bonchev–Trinajstić information content (AvgIpc) is 2.74. The Morgan fingerprint density at radius 1 is 1.00 bits per heavy atom. The van der Waals surface area contributed by atoms with E-state index in [1.54, 1.807) is 19.2 Å². The number of hydrogen-bond acceptors (Lipinski definition) is 2. The third-order valence-corrected chi connectivity index (χ3v) is 3.53. The van der Waals surface area contributed by atoms with Gasteiger partial charge >= 0.3 is 6.03 Å². The van der Waals surface area contributed by atoms with Gasteiger partial charge in [-0.3, -0.25) is 4.90 Å². The molecule has 1 aliphatic heterocycles. The van der Waals surface area contributed by atoms with Gasteiger partial charge in [-0.05, 0) is 0 Å². The number of aliphatic imine (C=N–C) groups is 1. The van der Waals surface area contributed by atoms with Gasteiger partial charge in [0.15, 0.2) is 0 Å². The van der Waals surface area contributed by atoms with Crippen molar-refractivity contribution in [2.24, 2.45) is 4.99 Å². The molecular weight excluding hydrogens is 252 g/mol. The molecule has 100 valence electrons. The first-order valence-electron chi connectivity index (χ1n) is 6.34. The Morgan fingerprint density at radius 2 is 1.55 bits per heavy atom. The summed E-state index contributed by atoms with van der Waals surface area (Å²) in [5.74, 6) is 0. The van der Waals surface area contributed by atoms with E-state index < -0.39 is 11.8 Å². The second-order valence-electron chi connectivity index (χ2n) is 4.71. The number of aliphatic hydroxyl groups is 1. The van der Waals surface area contributed by atoms with Gasteiger partial charge in [-0.25, -0.2) is 4.79 Å². The summed E-state index contributed by atoms with van der Waals surface area (Å²) in [6.07, 6.45) is 0. The minimum absolute atomic E-state index is 0.358. The number of carbonyl (C=O) groups is 1. The smallest absolute Gasteiger partial charge is 0.346 e. The molecular formula is C16H14N2O2. The van der Waals surface area contributed by atoms with Crippen LogP contribution in [0.3, 0.4) is 0 Å². The standard InChI is InChI=1S/C16H14N2O2/c1-18-15(19)17-14(12-8-4-2-5-9-12)16(18,20)13-10-6-3-7-11-13/h2-11,20H,1H3/t16-/m0/s1. The Labute approximate surface area is 117 Å². The van der Waals surface area contributed by atoms with Crippen molar-refractivity contribution >= 4 is 11.7 Å². The number of amides is 2. The molecule has 1 N–H and O–H groups in total. The van der Waals surface area contributed by atoms with Crippen LogP contribution in [0.2, 0.25) is 0 Å². The molecule has 0 saturated heterocycles. The molecule has 2 aromatic rings. The van der Waals surface area contributed by atoms with E-state index in [4.69, 9.17) is 0 Å². The van der Waals surface area contributed by atoms with Crippen LogP contribution in [0.25, 0.3) is 0 Å². The summed E-state index contributed by atoms with van der Waals surface area (Å²) in [6, 6.07) is 17.9. The van der Waals surface area contributed by atoms with Gasteiger partial charge in [0, 0.05) is 18.2 Å². The van der Waals surface area contributed by atoms with Crippen LogP contribution in [0.15, 0.2) is 65.7 Å². The van der Waals surface area contributed by atoms with E-state index in [0.29, 0.717) is 11.3 Å². The zero-order chi connectivity index (χ0) is 14.2. The topological polar surface area (TPSA) is 52.9 Å². The summed E-state index contributed by atoms with van der Waals surface area (Å²) in [7, 11) is 1.55. The molecule has 0 spiro atoms. The maximum atomic E-state index is 11.9. The number of rotatable bonds is 2. The highest BCUT2D eigenvalue weighted by Gasteiger charge is 2.47. The molecule has 1 aliphatic rings. The third kappa shape index (κ3) is 1.73. The fraction of sp³-hybridized carbons (Fsp3) is 0.125. The Bertz CT molecular complexity index is 667. The van der Waals surface area contributed by atoms with Crippen LogP contribution in [-0.2, 0) is 5.72 Å². The van der Waals surface area contributed by atoms with Crippen LogP contribution in [0, 0.1) is 0 Å². The number of likely N-dealkylation sites (N-methyl/N-ethyl adjacent to an activating group) is 1. The van der Waals surface area contributed by atoms with Crippen LogP contribution < -0.4 is 0 Å². The first-order chi connectivity index (χ1) is 9.64. The molecule has 0 bridgehead atoms. The number of benzene rings is 2. The number of carbonyl (C=O) groups excluding carboxylic acids is 1. The summed E-state index contributed by atoms with van der Waals surface area (Å²) in [5.41, 5.74) is 0.184. The Kier molecular flexibility index (Phi) is 2.88. The summed E-state index contributed by atoms with van der Waals surface area (Å²) in [4.78, 5) is 17.2. The fourth-order valence-electron chi connectivity index (χ4n) is 2.41. The van der Waals surface area contributed by atoms with Crippen LogP contribution in [0.1, 0.15) is 11.1 Å². The van der Waals surface area contributed by atoms with Crippen molar-refractivity contribution < 1.29 is 9.90 Å². The minimum Gasteiger partial charge on any atom is -0.362 e. The minimum atomic E-state index is -1.53. The zero-order valence-electron chi connectivity index (χ0n) is 11.0. The Balaban J connectivity index is 2.18. The van der Waals surface area contributed by atoms with Gasteiger partial charge in [-0.2, -0.15) is 4.99 Å². The lowest BCUT2D eigenvalue weighted by Gasteiger charge is -2.32. The van der Waals surface area contributed by atoms with E-state index in [2.05, 4.69) is 4.99 Å². The van der Waals surface area contributed by atoms with Crippen LogP contribution in [0.5, 0.6) is 0 Å². The first-order valence-corrected chi connectivity index (χ1v) is 6.34. The quantitative estimate of drug-likeness (QED) is 0.907. The molecule has 1 atom stereocenters. The van der Waals surface area contributed by atoms with Gasteiger partial charge in [0.2, 0.25) is 5.72 Å². The van der Waals surface area contributed by atoms with Crippen LogP contribution in [0.4, 0.5) is 4.79 Å². The van der Waals surface area contributed by atoms with Gasteiger partial charge in [-0.15, -0.1) is 0 Å². The van der Waals surface area contributed by atoms with Gasteiger partial charge in [0.05, 0.1) is 0 Å². The molecule has 0 unspecified atom stereocenters. The van der Waals surface area contributed by atoms with Gasteiger partial charge in [-0.1, -0.05) is 60.7 Å². The molecule has 0 saturated carbocycles. The van der Waals surface area contributed by atoms with Crippen molar-refractivity contribution in [3.05, 3.63) is 71.8 Å². The van der Waals surface area contributed by atoms with Crippen molar-refractivity contribution in [1.29, 1.82) is 0 Å². The molecule has 1 heterocycles. The lowest BCUT2D eigenvalue weighted by atomic mass is 9.92. The molecule has 4 heteroatoms. The van der Waals surface area contributed by atoms with Gasteiger partial charge in [0.25, 0.3) is 0 Å². The van der Waals surface area contributed by atoms with E-state index in [1.807, 2.05) is 48.5 Å². The maximum absolute atomic E-state index is 11.9. The molecule has 20 heavy (non-hydrogen) atoms. The lowest BCUT2D eigenvalue weighted by Crippen LogP contribution is -2.46. The summed E-state index contributed by atoms with van der Waals surface area (Å²) >= 11 is 0. The highest BCUT2D eigenvalue weighted by Crippen LogP contribution is 2.34. The van der Waals surface area contributed by atoms with Crippen LogP contribution in [-0.4, -0.2) is 28.8 Å². The molecule has 0 aliphatic carbocycles. The summed E-state index contributed by atoms with van der Waals surface area (Å²) in [6.45, 7) is 0. The lowest BCUT2D eigenvalue weighted by molar-refractivity contribution is -0.000659. The van der Waals surface area contributed by atoms with E-state index in [1.165, 1.54) is 4.90 Å². The third-order valence-electron chi connectivity index (χ3n) is 3.53. The van der Waals surface area contributed by atoms with E-state index >= 15 is 0 Å². The van der Waals surface area contributed by atoms with Crippen molar-refractivity contribution in [1.82, 2.24) is 4.90 Å². The molecule has 2 amide bonds. The predicted molar refractivity (Wildman–Crippen MR) is 76.5 cm³/mol. The number of nitrogens with zero attached hydrogens (tertiary/aromatic N) is 2. The van der Waals surface area contributed by atoms with Crippen LogP contribution >= 0.6 is 0 Å². The van der Waals surface area contributed by atoms with E-state index in [0.717, 1.165) is 5.56 Å².